The van der Waals surface area contributed by atoms with Crippen molar-refractivity contribution in [3.63, 3.8) is 0 Å². The van der Waals surface area contributed by atoms with Crippen LogP contribution in [0.3, 0.4) is 0 Å². The number of benzene rings is 1. The molecule has 1 heterocycles. The molecule has 0 saturated heterocycles. The lowest BCUT2D eigenvalue weighted by atomic mass is 10.1. The van der Waals surface area contributed by atoms with E-state index in [4.69, 9.17) is 0 Å². The first-order chi connectivity index (χ1) is 12.4. The number of hydrogen-bond donors (Lipinski definition) is 2. The molecular formula is C18H21N3O4S. The molecule has 2 N–H and O–H groups in total. The van der Waals surface area contributed by atoms with Crippen molar-refractivity contribution < 1.29 is 13.2 Å². The van der Waals surface area contributed by atoms with Gasteiger partial charge in [0.25, 0.3) is 5.56 Å². The van der Waals surface area contributed by atoms with Crippen molar-refractivity contribution in [2.24, 2.45) is 0 Å². The van der Waals surface area contributed by atoms with Crippen molar-refractivity contribution >= 4 is 21.4 Å². The van der Waals surface area contributed by atoms with Gasteiger partial charge >= 0.3 is 0 Å². The Morgan fingerprint density at radius 2 is 1.96 bits per heavy atom. The number of nitrogens with one attached hydrogen (secondary N) is 2. The van der Waals surface area contributed by atoms with Crippen molar-refractivity contribution in [1.82, 2.24) is 10.2 Å². The number of sulfone groups is 1. The van der Waals surface area contributed by atoms with Crippen LogP contribution in [0.2, 0.25) is 0 Å². The maximum Gasteiger partial charge on any atom is 0.264 e. The normalized spacial score (nSPS) is 15.1. The molecular weight excluding hydrogens is 354 g/mol. The summed E-state index contributed by atoms with van der Waals surface area (Å²) in [5.41, 5.74) is 1.57. The highest BCUT2D eigenvalue weighted by molar-refractivity contribution is 7.92. The first kappa shape index (κ1) is 18.3. The van der Waals surface area contributed by atoms with Gasteiger partial charge in [-0.25, -0.2) is 13.5 Å². The van der Waals surface area contributed by atoms with Crippen LogP contribution in [0.5, 0.6) is 0 Å². The summed E-state index contributed by atoms with van der Waals surface area (Å²) in [6.07, 6.45) is 3.25. The third kappa shape index (κ3) is 4.57. The Kier molecular flexibility index (Phi) is 5.51. The van der Waals surface area contributed by atoms with Crippen LogP contribution in [0, 0.1) is 0 Å². The number of carbonyl (C=O) groups is 1. The Labute approximate surface area is 151 Å². The molecule has 1 fully saturated rings. The van der Waals surface area contributed by atoms with Crippen molar-refractivity contribution in [3.8, 4) is 11.3 Å². The van der Waals surface area contributed by atoms with E-state index in [1.807, 2.05) is 0 Å². The van der Waals surface area contributed by atoms with E-state index >= 15 is 0 Å². The summed E-state index contributed by atoms with van der Waals surface area (Å²) < 4.78 is 24.5. The SMILES string of the molecule is O=C(CCS(=O)(=O)C1CCCC1)Nc1cccc(-c2ccc(=O)[nH]n2)c1. The molecule has 1 saturated carbocycles. The highest BCUT2D eigenvalue weighted by atomic mass is 32.2. The molecule has 1 aromatic heterocycles. The van der Waals surface area contributed by atoms with Gasteiger partial charge in [-0.05, 0) is 31.0 Å². The zero-order chi connectivity index (χ0) is 18.6. The van der Waals surface area contributed by atoms with Crippen LogP contribution in [-0.4, -0.2) is 35.5 Å². The van der Waals surface area contributed by atoms with E-state index in [2.05, 4.69) is 15.5 Å². The minimum atomic E-state index is -3.21. The van der Waals surface area contributed by atoms with Gasteiger partial charge in [0.15, 0.2) is 9.84 Å². The standard InChI is InChI=1S/C18H21N3O4S/c22-17(10-11-26(24,25)15-6-1-2-7-15)19-14-5-3-4-13(12-14)16-8-9-18(23)21-20-16/h3-5,8-9,12,15H,1-2,6-7,10-11H2,(H,19,22)(H,21,23). The molecule has 2 aromatic rings. The van der Waals surface area contributed by atoms with Gasteiger partial charge < -0.3 is 5.32 Å². The quantitative estimate of drug-likeness (QED) is 0.804. The molecule has 3 rings (SSSR count). The van der Waals surface area contributed by atoms with E-state index in [0.29, 0.717) is 24.2 Å². The van der Waals surface area contributed by atoms with Crippen LogP contribution in [0.25, 0.3) is 11.3 Å². The Hall–Kier alpha value is -2.48. The summed E-state index contributed by atoms with van der Waals surface area (Å²) in [6.45, 7) is 0. The number of carbonyl (C=O) groups excluding carboxylic acids is 1. The van der Waals surface area contributed by atoms with Gasteiger partial charge in [0, 0.05) is 23.7 Å². The third-order valence-corrected chi connectivity index (χ3v) is 6.81. The van der Waals surface area contributed by atoms with Crippen molar-refractivity contribution in [2.75, 3.05) is 11.1 Å². The Balaban J connectivity index is 1.61. The molecule has 26 heavy (non-hydrogen) atoms. The molecule has 0 unspecified atom stereocenters. The predicted octanol–water partition coefficient (Wildman–Crippen LogP) is 2.12. The number of hydrogen-bond acceptors (Lipinski definition) is 5. The van der Waals surface area contributed by atoms with Gasteiger partial charge in [0.1, 0.15) is 0 Å². The topological polar surface area (TPSA) is 109 Å². The van der Waals surface area contributed by atoms with Gasteiger partial charge in [0.05, 0.1) is 16.7 Å². The smallest absolute Gasteiger partial charge is 0.264 e. The summed E-state index contributed by atoms with van der Waals surface area (Å²) in [7, 11) is -3.21. The highest BCUT2D eigenvalue weighted by Gasteiger charge is 2.28. The van der Waals surface area contributed by atoms with E-state index in [1.165, 1.54) is 6.07 Å². The maximum atomic E-state index is 12.2. The van der Waals surface area contributed by atoms with E-state index in [-0.39, 0.29) is 28.9 Å². The molecule has 1 aliphatic rings. The van der Waals surface area contributed by atoms with Crippen LogP contribution in [0.1, 0.15) is 32.1 Å². The van der Waals surface area contributed by atoms with Crippen LogP contribution < -0.4 is 10.9 Å². The summed E-state index contributed by atoms with van der Waals surface area (Å²) in [5, 5.41) is 8.75. The summed E-state index contributed by atoms with van der Waals surface area (Å²) in [4.78, 5) is 23.2. The lowest BCUT2D eigenvalue weighted by Crippen LogP contribution is -2.24. The zero-order valence-electron chi connectivity index (χ0n) is 14.3. The molecule has 1 aliphatic carbocycles. The van der Waals surface area contributed by atoms with Gasteiger partial charge in [-0.1, -0.05) is 25.0 Å². The second-order valence-electron chi connectivity index (χ2n) is 6.46. The number of aromatic amines is 1. The summed E-state index contributed by atoms with van der Waals surface area (Å²) >= 11 is 0. The van der Waals surface area contributed by atoms with Gasteiger partial charge in [-0.2, -0.15) is 5.10 Å². The summed E-state index contributed by atoms with van der Waals surface area (Å²) in [5.74, 6) is -0.455. The number of anilines is 1. The largest absolute Gasteiger partial charge is 0.326 e. The molecule has 0 aliphatic heterocycles. The van der Waals surface area contributed by atoms with E-state index in [0.717, 1.165) is 18.4 Å². The molecule has 0 atom stereocenters. The Morgan fingerprint density at radius 3 is 2.65 bits per heavy atom. The first-order valence-electron chi connectivity index (χ1n) is 8.62. The van der Waals surface area contributed by atoms with Gasteiger partial charge in [-0.15, -0.1) is 0 Å². The van der Waals surface area contributed by atoms with Crippen LogP contribution in [0.15, 0.2) is 41.2 Å². The Bertz CT molecular complexity index is 926. The van der Waals surface area contributed by atoms with Crippen molar-refractivity contribution in [3.05, 3.63) is 46.8 Å². The average molecular weight is 375 g/mol. The van der Waals surface area contributed by atoms with E-state index < -0.39 is 9.84 Å². The molecule has 0 spiro atoms. The van der Waals surface area contributed by atoms with Gasteiger partial charge in [0.2, 0.25) is 5.91 Å². The van der Waals surface area contributed by atoms with E-state index in [1.54, 1.807) is 30.3 Å². The molecule has 7 nitrogen and oxygen atoms in total. The van der Waals surface area contributed by atoms with Crippen LogP contribution >= 0.6 is 0 Å². The van der Waals surface area contributed by atoms with Crippen LogP contribution in [-0.2, 0) is 14.6 Å². The fraction of sp³-hybridized carbons (Fsp3) is 0.389. The first-order valence-corrected chi connectivity index (χ1v) is 10.3. The van der Waals surface area contributed by atoms with E-state index in [9.17, 15) is 18.0 Å². The average Bonchev–Trinajstić information content (AvgIpc) is 3.17. The second kappa shape index (κ2) is 7.82. The molecule has 1 aromatic carbocycles. The minimum Gasteiger partial charge on any atom is -0.326 e. The fourth-order valence-corrected chi connectivity index (χ4v) is 4.99. The number of amides is 1. The number of H-pyrrole nitrogens is 1. The number of rotatable bonds is 6. The minimum absolute atomic E-state index is 0.0556. The molecule has 8 heteroatoms. The molecule has 0 radical (unpaired) electrons. The molecule has 1 amide bonds. The second-order valence-corrected chi connectivity index (χ2v) is 8.86. The fourth-order valence-electron chi connectivity index (χ4n) is 3.13. The lowest BCUT2D eigenvalue weighted by molar-refractivity contribution is -0.115. The maximum absolute atomic E-state index is 12.2. The summed E-state index contributed by atoms with van der Waals surface area (Å²) in [6, 6.07) is 9.98. The number of aromatic nitrogens is 2. The zero-order valence-corrected chi connectivity index (χ0v) is 15.1. The predicted molar refractivity (Wildman–Crippen MR) is 99.6 cm³/mol. The van der Waals surface area contributed by atoms with Crippen molar-refractivity contribution in [2.45, 2.75) is 37.4 Å². The van der Waals surface area contributed by atoms with Crippen molar-refractivity contribution in [1.29, 1.82) is 0 Å². The third-order valence-electron chi connectivity index (χ3n) is 4.54. The number of nitrogens with zero attached hydrogens (tertiary/aromatic N) is 1. The van der Waals surface area contributed by atoms with Gasteiger partial charge in [-0.3, -0.25) is 9.59 Å². The Morgan fingerprint density at radius 1 is 1.19 bits per heavy atom. The lowest BCUT2D eigenvalue weighted by Gasteiger charge is -2.11. The van der Waals surface area contributed by atoms with Crippen LogP contribution in [0.4, 0.5) is 5.69 Å². The molecule has 0 bridgehead atoms. The highest BCUT2D eigenvalue weighted by Crippen LogP contribution is 2.25. The molecule has 138 valence electrons. The monoisotopic (exact) mass is 375 g/mol.